The second kappa shape index (κ2) is 7.37. The number of nitrogens with one attached hydrogen (secondary N) is 1. The maximum atomic E-state index is 14.1. The van der Waals surface area contributed by atoms with Crippen LogP contribution in [-0.4, -0.2) is 31.1 Å². The minimum absolute atomic E-state index is 0.0840. The van der Waals surface area contributed by atoms with Gasteiger partial charge in [-0.15, -0.1) is 0 Å². The van der Waals surface area contributed by atoms with E-state index in [1.807, 2.05) is 12.1 Å². The highest BCUT2D eigenvalue weighted by atomic mass is 19.1. The molecule has 2 nitrogen and oxygen atoms in total. The maximum Gasteiger partial charge on any atom is 0.128 e. The molecule has 0 aromatic heterocycles. The van der Waals surface area contributed by atoms with Gasteiger partial charge < -0.3 is 10.2 Å². The first-order chi connectivity index (χ1) is 10.1. The Labute approximate surface area is 128 Å². The molecule has 1 N–H and O–H groups in total. The summed E-state index contributed by atoms with van der Waals surface area (Å²) in [7, 11) is 0. The zero-order chi connectivity index (χ0) is 15.3. The fourth-order valence-electron chi connectivity index (χ4n) is 3.55. The highest BCUT2D eigenvalue weighted by Gasteiger charge is 2.35. The summed E-state index contributed by atoms with van der Waals surface area (Å²) in [6.07, 6.45) is 3.76. The topological polar surface area (TPSA) is 15.3 Å². The standard InChI is InChI=1S/C18H29FN2/c1-4-18(5-2)11-12-21(14-18)13-17(20-6-3)15-9-7-8-10-16(15)19/h7-10,17,20H,4-6,11-14H2,1-3H3. The third-order valence-electron chi connectivity index (χ3n) is 5.19. The third-order valence-corrected chi connectivity index (χ3v) is 5.19. The number of likely N-dealkylation sites (N-methyl/N-ethyl adjacent to an activating group) is 1. The van der Waals surface area contributed by atoms with Crippen molar-refractivity contribution in [1.82, 2.24) is 10.2 Å². The van der Waals surface area contributed by atoms with E-state index in [1.54, 1.807) is 12.1 Å². The highest BCUT2D eigenvalue weighted by molar-refractivity contribution is 5.21. The third kappa shape index (κ3) is 3.83. The van der Waals surface area contributed by atoms with Gasteiger partial charge in [-0.3, -0.25) is 0 Å². The van der Waals surface area contributed by atoms with Gasteiger partial charge in [0, 0.05) is 24.7 Å². The van der Waals surface area contributed by atoms with Crippen molar-refractivity contribution in [3.63, 3.8) is 0 Å². The van der Waals surface area contributed by atoms with Crippen molar-refractivity contribution in [2.24, 2.45) is 5.41 Å². The second-order valence-corrected chi connectivity index (χ2v) is 6.32. The first kappa shape index (κ1) is 16.4. The van der Waals surface area contributed by atoms with Gasteiger partial charge in [0.05, 0.1) is 0 Å². The lowest BCUT2D eigenvalue weighted by Crippen LogP contribution is -2.36. The lowest BCUT2D eigenvalue weighted by atomic mass is 9.82. The molecule has 1 aromatic carbocycles. The van der Waals surface area contributed by atoms with E-state index in [1.165, 1.54) is 19.3 Å². The summed E-state index contributed by atoms with van der Waals surface area (Å²) in [6.45, 7) is 10.7. The molecule has 1 atom stereocenters. The van der Waals surface area contributed by atoms with Crippen molar-refractivity contribution >= 4 is 0 Å². The molecular weight excluding hydrogens is 263 g/mol. The number of likely N-dealkylation sites (tertiary alicyclic amines) is 1. The molecule has 0 spiro atoms. The SMILES string of the molecule is CCNC(CN1CCC(CC)(CC)C1)c1ccccc1F. The quantitative estimate of drug-likeness (QED) is 0.817. The van der Waals surface area contributed by atoms with Crippen LogP contribution in [0.15, 0.2) is 24.3 Å². The van der Waals surface area contributed by atoms with E-state index in [-0.39, 0.29) is 11.9 Å². The maximum absolute atomic E-state index is 14.1. The Hall–Kier alpha value is -0.930. The zero-order valence-corrected chi connectivity index (χ0v) is 13.7. The first-order valence-electron chi connectivity index (χ1n) is 8.34. The van der Waals surface area contributed by atoms with Crippen LogP contribution in [-0.2, 0) is 0 Å². The van der Waals surface area contributed by atoms with Gasteiger partial charge in [-0.2, -0.15) is 0 Å². The van der Waals surface area contributed by atoms with Gasteiger partial charge in [-0.05, 0) is 43.8 Å². The van der Waals surface area contributed by atoms with Crippen LogP contribution in [0.5, 0.6) is 0 Å². The van der Waals surface area contributed by atoms with Gasteiger partial charge in [0.25, 0.3) is 0 Å². The molecule has 0 saturated carbocycles. The molecule has 1 aromatic rings. The minimum atomic E-state index is -0.0973. The van der Waals surface area contributed by atoms with Crippen molar-refractivity contribution in [2.45, 2.75) is 46.1 Å². The summed E-state index contributed by atoms with van der Waals surface area (Å²) < 4.78 is 14.1. The Morgan fingerprint density at radius 1 is 1.24 bits per heavy atom. The number of hydrogen-bond donors (Lipinski definition) is 1. The number of benzene rings is 1. The number of rotatable bonds is 7. The molecule has 1 aliphatic rings. The summed E-state index contributed by atoms with van der Waals surface area (Å²) >= 11 is 0. The van der Waals surface area contributed by atoms with Crippen LogP contribution in [0.2, 0.25) is 0 Å². The van der Waals surface area contributed by atoms with Crippen LogP contribution < -0.4 is 5.32 Å². The van der Waals surface area contributed by atoms with E-state index in [4.69, 9.17) is 0 Å². The van der Waals surface area contributed by atoms with Crippen molar-refractivity contribution in [1.29, 1.82) is 0 Å². The Bertz CT molecular complexity index is 443. The largest absolute Gasteiger partial charge is 0.309 e. The lowest BCUT2D eigenvalue weighted by Gasteiger charge is -2.29. The Balaban J connectivity index is 2.06. The average Bonchev–Trinajstić information content (AvgIpc) is 2.91. The first-order valence-corrected chi connectivity index (χ1v) is 8.34. The summed E-state index contributed by atoms with van der Waals surface area (Å²) in [6, 6.07) is 7.24. The summed E-state index contributed by atoms with van der Waals surface area (Å²) in [5.74, 6) is -0.0973. The van der Waals surface area contributed by atoms with Crippen molar-refractivity contribution < 1.29 is 4.39 Å². The molecular formula is C18H29FN2. The van der Waals surface area contributed by atoms with Gasteiger partial charge in [-0.1, -0.05) is 39.0 Å². The Morgan fingerprint density at radius 3 is 2.52 bits per heavy atom. The zero-order valence-electron chi connectivity index (χ0n) is 13.7. The van der Waals surface area contributed by atoms with E-state index in [0.717, 1.165) is 31.7 Å². The fourth-order valence-corrected chi connectivity index (χ4v) is 3.55. The van der Waals surface area contributed by atoms with E-state index >= 15 is 0 Å². The summed E-state index contributed by atoms with van der Waals surface area (Å²) in [4.78, 5) is 2.51. The molecule has 1 aliphatic heterocycles. The van der Waals surface area contributed by atoms with E-state index < -0.39 is 0 Å². The molecule has 1 unspecified atom stereocenters. The van der Waals surface area contributed by atoms with Crippen molar-refractivity contribution in [3.05, 3.63) is 35.6 Å². The molecule has 21 heavy (non-hydrogen) atoms. The smallest absolute Gasteiger partial charge is 0.128 e. The molecule has 0 bridgehead atoms. The fraction of sp³-hybridized carbons (Fsp3) is 0.667. The van der Waals surface area contributed by atoms with Gasteiger partial charge in [-0.25, -0.2) is 4.39 Å². The van der Waals surface area contributed by atoms with Crippen LogP contribution in [0.4, 0.5) is 4.39 Å². The second-order valence-electron chi connectivity index (χ2n) is 6.32. The normalized spacial score (nSPS) is 19.8. The predicted octanol–water partition coefficient (Wildman–Crippen LogP) is 3.99. The molecule has 1 heterocycles. The van der Waals surface area contributed by atoms with Crippen LogP contribution >= 0.6 is 0 Å². The van der Waals surface area contributed by atoms with Crippen LogP contribution in [0.1, 0.15) is 51.6 Å². The van der Waals surface area contributed by atoms with Gasteiger partial charge >= 0.3 is 0 Å². The Kier molecular flexibility index (Phi) is 5.77. The summed E-state index contributed by atoms with van der Waals surface area (Å²) in [5.41, 5.74) is 1.27. The van der Waals surface area contributed by atoms with Crippen molar-refractivity contribution in [2.75, 3.05) is 26.2 Å². The number of nitrogens with zero attached hydrogens (tertiary/aromatic N) is 1. The monoisotopic (exact) mass is 292 g/mol. The number of hydrogen-bond acceptors (Lipinski definition) is 2. The van der Waals surface area contributed by atoms with E-state index in [2.05, 4.69) is 31.0 Å². The molecule has 3 heteroatoms. The molecule has 2 rings (SSSR count). The van der Waals surface area contributed by atoms with Crippen LogP contribution in [0.3, 0.4) is 0 Å². The average molecular weight is 292 g/mol. The van der Waals surface area contributed by atoms with E-state index in [9.17, 15) is 4.39 Å². The minimum Gasteiger partial charge on any atom is -0.309 e. The lowest BCUT2D eigenvalue weighted by molar-refractivity contribution is 0.225. The molecule has 0 radical (unpaired) electrons. The van der Waals surface area contributed by atoms with Crippen LogP contribution in [0, 0.1) is 11.2 Å². The van der Waals surface area contributed by atoms with Gasteiger partial charge in [0.2, 0.25) is 0 Å². The Morgan fingerprint density at radius 2 is 1.95 bits per heavy atom. The summed E-state index contributed by atoms with van der Waals surface area (Å²) in [5, 5.41) is 3.45. The van der Waals surface area contributed by atoms with Gasteiger partial charge in [0.1, 0.15) is 5.82 Å². The van der Waals surface area contributed by atoms with E-state index in [0.29, 0.717) is 5.41 Å². The van der Waals surface area contributed by atoms with Gasteiger partial charge in [0.15, 0.2) is 0 Å². The molecule has 1 fully saturated rings. The molecule has 0 aliphatic carbocycles. The predicted molar refractivity (Wildman–Crippen MR) is 86.9 cm³/mol. The van der Waals surface area contributed by atoms with Crippen LogP contribution in [0.25, 0.3) is 0 Å². The molecule has 1 saturated heterocycles. The highest BCUT2D eigenvalue weighted by Crippen LogP contribution is 2.37. The number of halogens is 1. The molecule has 118 valence electrons. The van der Waals surface area contributed by atoms with Crippen molar-refractivity contribution in [3.8, 4) is 0 Å². The molecule has 0 amide bonds.